The third-order valence-corrected chi connectivity index (χ3v) is 12.7. The minimum absolute atomic E-state index is 0.208. The Balaban J connectivity index is 4.34. The van der Waals surface area contributed by atoms with E-state index in [4.69, 9.17) is 5.11 Å². The second-order valence-corrected chi connectivity index (χ2v) is 18.6. The second-order valence-electron chi connectivity index (χ2n) is 18.6. The van der Waals surface area contributed by atoms with Gasteiger partial charge in [-0.15, -0.1) is 0 Å². The van der Waals surface area contributed by atoms with Crippen molar-refractivity contribution in [2.45, 2.75) is 296 Å². The van der Waals surface area contributed by atoms with Gasteiger partial charge < -0.3 is 15.3 Å². The summed E-state index contributed by atoms with van der Waals surface area (Å²) in [5.41, 5.74) is 0. The molecule has 0 amide bonds. The molecule has 0 radical (unpaired) electrons. The predicted octanol–water partition coefficient (Wildman–Crippen LogP) is 15.6. The summed E-state index contributed by atoms with van der Waals surface area (Å²) in [5, 5.41) is 27.9. The lowest BCUT2D eigenvalue weighted by atomic mass is 9.87. The van der Waals surface area contributed by atoms with Gasteiger partial charge in [-0.2, -0.15) is 0 Å². The fraction of sp³-hybridized carbons (Fsp3) is 0.873. The van der Waals surface area contributed by atoms with E-state index in [0.29, 0.717) is 19.3 Å². The first-order valence-electron chi connectivity index (χ1n) is 26.7. The van der Waals surface area contributed by atoms with E-state index >= 15 is 0 Å². The maximum Gasteiger partial charge on any atom is 0.164 e. The Hall–Kier alpha value is -1.63. The third-order valence-electron chi connectivity index (χ3n) is 12.7. The predicted molar refractivity (Wildman–Crippen MR) is 261 cm³/mol. The van der Waals surface area contributed by atoms with Crippen molar-refractivity contribution in [2.24, 2.45) is 5.92 Å². The van der Waals surface area contributed by atoms with Crippen molar-refractivity contribution in [3.05, 3.63) is 24.3 Å². The monoisotopic (exact) mass is 859 g/mol. The number of aliphatic hydroxyl groups is 3. The molecule has 0 aromatic heterocycles. The second kappa shape index (κ2) is 47.8. The Morgan fingerprint density at radius 1 is 0.361 bits per heavy atom. The minimum atomic E-state index is -1.48. The quantitative estimate of drug-likeness (QED) is 0.0319. The minimum Gasteiger partial charge on any atom is -0.394 e. The highest BCUT2D eigenvalue weighted by Gasteiger charge is 2.25. The molecule has 61 heavy (non-hydrogen) atoms. The molecule has 358 valence electrons. The summed E-state index contributed by atoms with van der Waals surface area (Å²) in [5.74, 6) is -0.359. The van der Waals surface area contributed by atoms with Crippen LogP contribution in [0.3, 0.4) is 0 Å². The smallest absolute Gasteiger partial charge is 0.164 e. The Bertz CT molecular complexity index is 968. The molecule has 0 bridgehead atoms. The molecule has 0 spiro atoms. The number of Topliss-reactive ketones (excluding diaryl/α,β-unsaturated/α-hetero) is 3. The zero-order chi connectivity index (χ0) is 44.7. The lowest BCUT2D eigenvalue weighted by Gasteiger charge is -2.15. The number of carbonyl (C=O) groups excluding carboxylic acids is 3. The highest BCUT2D eigenvalue weighted by Crippen LogP contribution is 2.22. The molecule has 0 aliphatic heterocycles. The Morgan fingerprint density at radius 2 is 0.623 bits per heavy atom. The summed E-state index contributed by atoms with van der Waals surface area (Å²) < 4.78 is 0. The van der Waals surface area contributed by atoms with Gasteiger partial charge in [-0.3, -0.25) is 14.4 Å². The van der Waals surface area contributed by atoms with Crippen LogP contribution in [0, 0.1) is 5.92 Å². The molecule has 0 saturated carbocycles. The van der Waals surface area contributed by atoms with Crippen LogP contribution >= 0.6 is 0 Å². The van der Waals surface area contributed by atoms with Crippen molar-refractivity contribution in [3.8, 4) is 0 Å². The highest BCUT2D eigenvalue weighted by atomic mass is 16.4. The van der Waals surface area contributed by atoms with Crippen LogP contribution in [0.25, 0.3) is 0 Å². The summed E-state index contributed by atoms with van der Waals surface area (Å²) in [6.07, 6.45) is 54.3. The lowest BCUT2D eigenvalue weighted by Crippen LogP contribution is -2.36. The van der Waals surface area contributed by atoms with Gasteiger partial charge in [-0.1, -0.05) is 212 Å². The van der Waals surface area contributed by atoms with Gasteiger partial charge in [0.2, 0.25) is 0 Å². The van der Waals surface area contributed by atoms with E-state index in [2.05, 4.69) is 38.2 Å². The maximum absolute atomic E-state index is 13.4. The summed E-state index contributed by atoms with van der Waals surface area (Å²) in [6, 6.07) is 0. The van der Waals surface area contributed by atoms with Crippen molar-refractivity contribution >= 4 is 17.3 Å². The number of aliphatic hydroxyl groups excluding tert-OH is 3. The first-order valence-corrected chi connectivity index (χ1v) is 26.7. The molecule has 2 atom stereocenters. The number of hydrogen-bond donors (Lipinski definition) is 3. The molecule has 0 aliphatic rings. The number of hydrogen-bond acceptors (Lipinski definition) is 6. The number of unbranched alkanes of at least 4 members (excludes halogenated alkanes) is 33. The molecule has 0 heterocycles. The fourth-order valence-electron chi connectivity index (χ4n) is 8.47. The molecule has 6 heteroatoms. The van der Waals surface area contributed by atoms with Gasteiger partial charge in [0, 0.05) is 19.3 Å². The standard InChI is InChI=1S/C55H102O6/c1-3-5-7-9-11-13-15-17-19-21-26-30-34-38-42-46-51(57)50(52(58)47-43-39-35-31-27-22-20-18-16-14-12-10-8-6-4-2)45-41-37-33-29-25-23-24-28-32-36-40-44-48-53(59)55(61)54(60)49-56/h17-20,50,54-56,60-61H,3-16,21-49H2,1-2H3/b19-17-,20-18-. The summed E-state index contributed by atoms with van der Waals surface area (Å²) in [6.45, 7) is 3.94. The van der Waals surface area contributed by atoms with E-state index in [9.17, 15) is 24.6 Å². The first-order chi connectivity index (χ1) is 29.9. The largest absolute Gasteiger partial charge is 0.394 e. The van der Waals surface area contributed by atoms with Gasteiger partial charge in [0.15, 0.2) is 5.78 Å². The normalized spacial score (nSPS) is 13.0. The van der Waals surface area contributed by atoms with Crippen molar-refractivity contribution in [2.75, 3.05) is 6.61 Å². The molecule has 0 aromatic rings. The summed E-state index contributed by atoms with van der Waals surface area (Å²) in [4.78, 5) is 38.7. The average molecular weight is 859 g/mol. The summed E-state index contributed by atoms with van der Waals surface area (Å²) >= 11 is 0. The van der Waals surface area contributed by atoms with Gasteiger partial charge in [0.1, 0.15) is 23.8 Å². The van der Waals surface area contributed by atoms with Crippen molar-refractivity contribution in [1.82, 2.24) is 0 Å². The van der Waals surface area contributed by atoms with Crippen LogP contribution < -0.4 is 0 Å². The van der Waals surface area contributed by atoms with Gasteiger partial charge in [0.05, 0.1) is 12.5 Å². The van der Waals surface area contributed by atoms with Crippen LogP contribution in [-0.2, 0) is 14.4 Å². The lowest BCUT2D eigenvalue weighted by molar-refractivity contribution is -0.135. The fourth-order valence-corrected chi connectivity index (χ4v) is 8.47. The molecule has 0 saturated heterocycles. The Kier molecular flexibility index (Phi) is 46.6. The van der Waals surface area contributed by atoms with Crippen LogP contribution in [-0.4, -0.2) is 51.5 Å². The molecule has 0 fully saturated rings. The zero-order valence-corrected chi connectivity index (χ0v) is 40.5. The number of rotatable bonds is 50. The van der Waals surface area contributed by atoms with E-state index in [1.165, 1.54) is 180 Å². The van der Waals surface area contributed by atoms with Gasteiger partial charge in [-0.25, -0.2) is 0 Å². The first kappa shape index (κ1) is 59.4. The van der Waals surface area contributed by atoms with E-state index in [-0.39, 0.29) is 23.9 Å². The molecular formula is C55H102O6. The van der Waals surface area contributed by atoms with E-state index in [0.717, 1.165) is 64.2 Å². The van der Waals surface area contributed by atoms with Crippen molar-refractivity contribution in [3.63, 3.8) is 0 Å². The Labute approximate surface area is 378 Å². The maximum atomic E-state index is 13.4. The molecule has 0 rings (SSSR count). The highest BCUT2D eigenvalue weighted by molar-refractivity contribution is 6.02. The molecule has 3 N–H and O–H groups in total. The number of ketones is 3. The molecule has 0 aromatic carbocycles. The zero-order valence-electron chi connectivity index (χ0n) is 40.5. The van der Waals surface area contributed by atoms with Gasteiger partial charge in [-0.05, 0) is 77.0 Å². The topological polar surface area (TPSA) is 112 Å². The van der Waals surface area contributed by atoms with E-state index in [1.807, 2.05) is 0 Å². The van der Waals surface area contributed by atoms with Crippen LogP contribution in [0.5, 0.6) is 0 Å². The molecular weight excluding hydrogens is 757 g/mol. The van der Waals surface area contributed by atoms with Crippen LogP contribution in [0.15, 0.2) is 24.3 Å². The number of carbonyl (C=O) groups is 3. The Morgan fingerprint density at radius 3 is 0.934 bits per heavy atom. The van der Waals surface area contributed by atoms with E-state index < -0.39 is 24.6 Å². The van der Waals surface area contributed by atoms with Gasteiger partial charge >= 0.3 is 0 Å². The van der Waals surface area contributed by atoms with Crippen LogP contribution in [0.2, 0.25) is 0 Å². The molecule has 2 unspecified atom stereocenters. The third kappa shape index (κ3) is 40.9. The SMILES string of the molecule is CCCCCCCC/C=C\CCCCCCCC(=O)C(CCCCCCCCCCCCCCC(=O)C(O)C(O)CO)C(=O)CCCCCCC/C=C\CCCCCCCC. The summed E-state index contributed by atoms with van der Waals surface area (Å²) in [7, 11) is 0. The molecule has 0 aliphatic carbocycles. The average Bonchev–Trinajstić information content (AvgIpc) is 3.26. The van der Waals surface area contributed by atoms with Crippen molar-refractivity contribution in [1.29, 1.82) is 0 Å². The van der Waals surface area contributed by atoms with E-state index in [1.54, 1.807) is 0 Å². The number of allylic oxidation sites excluding steroid dienone is 4. The van der Waals surface area contributed by atoms with Crippen molar-refractivity contribution < 1.29 is 29.7 Å². The van der Waals surface area contributed by atoms with Crippen LogP contribution in [0.4, 0.5) is 0 Å². The molecule has 6 nitrogen and oxygen atoms in total. The van der Waals surface area contributed by atoms with Crippen LogP contribution in [0.1, 0.15) is 284 Å². The van der Waals surface area contributed by atoms with Gasteiger partial charge in [0.25, 0.3) is 0 Å².